The Hall–Kier alpha value is -1.38. The molecule has 0 amide bonds. The number of aromatic nitrogens is 3. The van der Waals surface area contributed by atoms with Crippen molar-refractivity contribution in [2.45, 2.75) is 25.4 Å². The summed E-state index contributed by atoms with van der Waals surface area (Å²) in [7, 11) is 3.28. The van der Waals surface area contributed by atoms with Crippen molar-refractivity contribution in [3.63, 3.8) is 0 Å². The summed E-state index contributed by atoms with van der Waals surface area (Å²) in [5, 5.41) is 6.98. The third kappa shape index (κ3) is 1.94. The summed E-state index contributed by atoms with van der Waals surface area (Å²) in [6.07, 6.45) is 0.156. The van der Waals surface area contributed by atoms with Crippen molar-refractivity contribution < 1.29 is 9.47 Å². The fraction of sp³-hybridized carbons (Fsp3) is 0.778. The van der Waals surface area contributed by atoms with Crippen LogP contribution in [0.3, 0.4) is 0 Å². The maximum Gasteiger partial charge on any atom is 0.352 e. The average molecular weight is 243 g/mol. The second-order valence-electron chi connectivity index (χ2n) is 3.92. The lowest BCUT2D eigenvalue weighted by molar-refractivity contribution is 0.153. The van der Waals surface area contributed by atoms with Gasteiger partial charge < -0.3 is 9.47 Å². The minimum absolute atomic E-state index is 0.189. The van der Waals surface area contributed by atoms with E-state index in [1.54, 1.807) is 14.1 Å². The monoisotopic (exact) mass is 243 g/mol. The van der Waals surface area contributed by atoms with Crippen LogP contribution in [0.25, 0.3) is 0 Å². The molecule has 2 atom stereocenters. The van der Waals surface area contributed by atoms with Gasteiger partial charge >= 0.3 is 11.7 Å². The van der Waals surface area contributed by atoms with E-state index in [9.17, 15) is 4.79 Å². The zero-order chi connectivity index (χ0) is 12.6. The summed E-state index contributed by atoms with van der Waals surface area (Å²) >= 11 is 0. The van der Waals surface area contributed by atoms with Crippen LogP contribution in [0.4, 0.5) is 0 Å². The molecule has 8 nitrogen and oxygen atoms in total. The van der Waals surface area contributed by atoms with Crippen molar-refractivity contribution in [2.75, 3.05) is 13.7 Å². The van der Waals surface area contributed by atoms with Gasteiger partial charge in [-0.05, 0) is 13.5 Å². The van der Waals surface area contributed by atoms with Crippen molar-refractivity contribution in [2.24, 2.45) is 12.8 Å². The van der Waals surface area contributed by atoms with E-state index in [0.29, 0.717) is 13.0 Å². The van der Waals surface area contributed by atoms with E-state index in [2.05, 4.69) is 10.4 Å². The number of hydrogen-bond acceptors (Lipinski definition) is 6. The average Bonchev–Trinajstić information content (AvgIpc) is 3.08. The third-order valence-electron chi connectivity index (χ3n) is 2.75. The molecule has 0 spiro atoms. The van der Waals surface area contributed by atoms with Gasteiger partial charge in [-0.3, -0.25) is 11.1 Å². The molecule has 2 rings (SSSR count). The third-order valence-corrected chi connectivity index (χ3v) is 2.75. The van der Waals surface area contributed by atoms with Gasteiger partial charge in [0, 0.05) is 7.05 Å². The van der Waals surface area contributed by atoms with Gasteiger partial charge in [-0.1, -0.05) is 6.92 Å². The topological polar surface area (TPSA) is 99.6 Å². The van der Waals surface area contributed by atoms with Crippen molar-refractivity contribution in [3.05, 3.63) is 10.5 Å². The molecule has 8 heteroatoms. The van der Waals surface area contributed by atoms with Crippen LogP contribution < -0.4 is 21.5 Å². The van der Waals surface area contributed by atoms with Crippen LogP contribution in [-0.4, -0.2) is 34.2 Å². The lowest BCUT2D eigenvalue weighted by Crippen LogP contribution is -2.41. The first-order chi connectivity index (χ1) is 8.04. The molecule has 2 unspecified atom stereocenters. The molecule has 0 aromatic carbocycles. The molecule has 0 saturated carbocycles. The van der Waals surface area contributed by atoms with Crippen molar-refractivity contribution in [3.8, 4) is 6.01 Å². The number of ether oxygens (including phenoxy) is 2. The van der Waals surface area contributed by atoms with Gasteiger partial charge in [-0.15, -0.1) is 5.10 Å². The molecular formula is C9H17N5O3. The maximum absolute atomic E-state index is 11.9. The van der Waals surface area contributed by atoms with Crippen molar-refractivity contribution in [1.82, 2.24) is 19.7 Å². The number of nitrogens with zero attached hydrogens (tertiary/aromatic N) is 3. The predicted octanol–water partition coefficient (Wildman–Crippen LogP) is -1.48. The molecule has 17 heavy (non-hydrogen) atoms. The molecule has 2 heterocycles. The quantitative estimate of drug-likeness (QED) is 0.483. The first-order valence-electron chi connectivity index (χ1n) is 5.45. The van der Waals surface area contributed by atoms with E-state index in [-0.39, 0.29) is 11.7 Å². The molecule has 1 saturated heterocycles. The minimum Gasteiger partial charge on any atom is -0.445 e. The smallest absolute Gasteiger partial charge is 0.352 e. The molecule has 0 bridgehead atoms. The molecule has 1 fully saturated rings. The molecule has 1 aliphatic rings. The summed E-state index contributed by atoms with van der Waals surface area (Å²) in [6, 6.07) is 0.189. The van der Waals surface area contributed by atoms with Gasteiger partial charge in [0.15, 0.2) is 6.23 Å². The summed E-state index contributed by atoms with van der Waals surface area (Å²) in [6.45, 7) is 2.29. The highest BCUT2D eigenvalue weighted by Crippen LogP contribution is 2.27. The van der Waals surface area contributed by atoms with Gasteiger partial charge in [0.2, 0.25) is 5.85 Å². The SMILES string of the molecule is CCC(N)Oc1nn(C2(NC)CO2)c(=O)n1C. The number of likely N-dealkylation sites (N-methyl/N-ethyl adjacent to an activating group) is 1. The van der Waals surface area contributed by atoms with Crippen LogP contribution in [0.2, 0.25) is 0 Å². The highest BCUT2D eigenvalue weighted by Gasteiger charge is 2.49. The van der Waals surface area contributed by atoms with Gasteiger partial charge in [-0.25, -0.2) is 9.36 Å². The van der Waals surface area contributed by atoms with E-state index in [1.807, 2.05) is 6.92 Å². The molecule has 1 aromatic heterocycles. The second-order valence-corrected chi connectivity index (χ2v) is 3.92. The molecule has 0 radical (unpaired) electrons. The first kappa shape index (κ1) is 12.1. The van der Waals surface area contributed by atoms with Crippen molar-refractivity contribution >= 4 is 0 Å². The molecular weight excluding hydrogens is 226 g/mol. The van der Waals surface area contributed by atoms with Gasteiger partial charge in [0.25, 0.3) is 0 Å². The number of hydrogen-bond donors (Lipinski definition) is 2. The van der Waals surface area contributed by atoms with E-state index in [0.717, 1.165) is 0 Å². The molecule has 1 aromatic rings. The molecule has 0 aliphatic carbocycles. The van der Waals surface area contributed by atoms with E-state index in [1.165, 1.54) is 9.25 Å². The Morgan fingerprint density at radius 1 is 1.76 bits per heavy atom. The van der Waals surface area contributed by atoms with Gasteiger partial charge in [0.05, 0.1) is 0 Å². The van der Waals surface area contributed by atoms with Crippen LogP contribution in [0.1, 0.15) is 13.3 Å². The standard InChI is InChI=1S/C9H17N5O3/c1-4-6(10)17-7-12-14(8(15)13(7)3)9(11-2)5-16-9/h6,11H,4-5,10H2,1-3H3. The fourth-order valence-electron chi connectivity index (χ4n) is 1.42. The summed E-state index contributed by atoms with van der Waals surface area (Å²) < 4.78 is 13.1. The molecule has 1 aliphatic heterocycles. The largest absolute Gasteiger partial charge is 0.445 e. The number of nitrogens with two attached hydrogens (primary N) is 1. The summed E-state index contributed by atoms with van der Waals surface area (Å²) in [5.74, 6) is -0.827. The van der Waals surface area contributed by atoms with Crippen LogP contribution in [0, 0.1) is 0 Å². The summed E-state index contributed by atoms with van der Waals surface area (Å²) in [5.41, 5.74) is 5.35. The number of rotatable bonds is 5. The zero-order valence-corrected chi connectivity index (χ0v) is 10.1. The van der Waals surface area contributed by atoms with E-state index >= 15 is 0 Å². The fourth-order valence-corrected chi connectivity index (χ4v) is 1.42. The maximum atomic E-state index is 11.9. The minimum atomic E-state index is -0.827. The number of epoxide rings is 1. The Morgan fingerprint density at radius 3 is 2.88 bits per heavy atom. The van der Waals surface area contributed by atoms with Gasteiger partial charge in [0.1, 0.15) is 6.61 Å². The Kier molecular flexibility index (Phi) is 2.94. The molecule has 96 valence electrons. The highest BCUT2D eigenvalue weighted by atomic mass is 16.6. The highest BCUT2D eigenvalue weighted by molar-refractivity contribution is 4.97. The Labute approximate surface area is 98.3 Å². The van der Waals surface area contributed by atoms with Crippen molar-refractivity contribution in [1.29, 1.82) is 0 Å². The van der Waals surface area contributed by atoms with E-state index < -0.39 is 12.1 Å². The van der Waals surface area contributed by atoms with E-state index in [4.69, 9.17) is 15.2 Å². The van der Waals surface area contributed by atoms with Crippen LogP contribution >= 0.6 is 0 Å². The summed E-state index contributed by atoms with van der Waals surface area (Å²) in [4.78, 5) is 11.9. The number of nitrogens with one attached hydrogen (secondary N) is 1. The van der Waals surface area contributed by atoms with Crippen LogP contribution in [0.15, 0.2) is 4.79 Å². The molecule has 3 N–H and O–H groups in total. The predicted molar refractivity (Wildman–Crippen MR) is 59.3 cm³/mol. The van der Waals surface area contributed by atoms with Gasteiger partial charge in [-0.2, -0.15) is 4.68 Å². The van der Waals surface area contributed by atoms with Crippen LogP contribution in [-0.2, 0) is 17.6 Å². The second kappa shape index (κ2) is 4.13. The Morgan fingerprint density at radius 2 is 2.41 bits per heavy atom. The normalized spacial score (nSPS) is 24.7. The lowest BCUT2D eigenvalue weighted by Gasteiger charge is -2.10. The van der Waals surface area contributed by atoms with Crippen LogP contribution in [0.5, 0.6) is 6.01 Å². The lowest BCUT2D eigenvalue weighted by atomic mass is 10.4. The zero-order valence-electron chi connectivity index (χ0n) is 10.1. The Balaban J connectivity index is 2.31. The Bertz CT molecular complexity index is 462. The first-order valence-corrected chi connectivity index (χ1v) is 5.45.